The van der Waals surface area contributed by atoms with Crippen LogP contribution < -0.4 is 9.47 Å². The third-order valence-electron chi connectivity index (χ3n) is 5.06. The molecular formula is C22H30N2O2. The van der Waals surface area contributed by atoms with Gasteiger partial charge in [0.25, 0.3) is 0 Å². The van der Waals surface area contributed by atoms with Crippen molar-refractivity contribution in [3.05, 3.63) is 59.7 Å². The maximum atomic E-state index is 6.16. The average molecular weight is 354 g/mol. The van der Waals surface area contributed by atoms with Crippen molar-refractivity contribution >= 4 is 0 Å². The minimum Gasteiger partial charge on any atom is -0.497 e. The Labute approximate surface area is 157 Å². The van der Waals surface area contributed by atoms with E-state index >= 15 is 0 Å². The Bertz CT molecular complexity index is 704. The first kappa shape index (κ1) is 18.7. The molecule has 1 aliphatic heterocycles. The number of ether oxygens (including phenoxy) is 2. The number of methoxy groups -OCH3 is 1. The second-order valence-electron chi connectivity index (χ2n) is 7.18. The van der Waals surface area contributed by atoms with E-state index in [0.29, 0.717) is 12.6 Å². The summed E-state index contributed by atoms with van der Waals surface area (Å²) in [6, 6.07) is 17.0. The van der Waals surface area contributed by atoms with Crippen LogP contribution in [0.25, 0.3) is 0 Å². The van der Waals surface area contributed by atoms with Crippen molar-refractivity contribution in [3.8, 4) is 11.5 Å². The van der Waals surface area contributed by atoms with Crippen LogP contribution in [0, 0.1) is 0 Å². The fourth-order valence-electron chi connectivity index (χ4n) is 3.57. The van der Waals surface area contributed by atoms with E-state index in [2.05, 4.69) is 48.0 Å². The maximum Gasteiger partial charge on any atom is 0.124 e. The van der Waals surface area contributed by atoms with Gasteiger partial charge in [0.2, 0.25) is 0 Å². The van der Waals surface area contributed by atoms with Gasteiger partial charge < -0.3 is 14.4 Å². The number of benzene rings is 2. The fourth-order valence-corrected chi connectivity index (χ4v) is 3.57. The first-order valence-corrected chi connectivity index (χ1v) is 9.42. The molecule has 0 aliphatic carbocycles. The monoisotopic (exact) mass is 354 g/mol. The molecule has 0 unspecified atom stereocenters. The minimum atomic E-state index is 0.548. The molecule has 0 spiro atoms. The Kier molecular flexibility index (Phi) is 6.53. The maximum absolute atomic E-state index is 6.16. The fraction of sp³-hybridized carbons (Fsp3) is 0.455. The molecule has 1 aliphatic rings. The van der Waals surface area contributed by atoms with Crippen molar-refractivity contribution in [2.24, 2.45) is 0 Å². The molecule has 3 rings (SSSR count). The molecule has 1 atom stereocenters. The molecule has 0 saturated carbocycles. The number of rotatable bonds is 6. The summed E-state index contributed by atoms with van der Waals surface area (Å²) in [5.41, 5.74) is 2.37. The van der Waals surface area contributed by atoms with Crippen molar-refractivity contribution in [2.75, 3.05) is 33.8 Å². The van der Waals surface area contributed by atoms with Crippen LogP contribution in [0.3, 0.4) is 0 Å². The highest BCUT2D eigenvalue weighted by atomic mass is 16.5. The molecule has 4 nitrogen and oxygen atoms in total. The zero-order chi connectivity index (χ0) is 18.4. The Hall–Kier alpha value is -2.04. The zero-order valence-electron chi connectivity index (χ0n) is 16.1. The second kappa shape index (κ2) is 9.06. The number of para-hydroxylation sites is 1. The molecule has 2 aromatic rings. The van der Waals surface area contributed by atoms with E-state index in [1.807, 2.05) is 24.3 Å². The van der Waals surface area contributed by atoms with Crippen LogP contribution in [0.4, 0.5) is 0 Å². The molecule has 140 valence electrons. The highest BCUT2D eigenvalue weighted by Gasteiger charge is 2.20. The standard InChI is InChI=1S/C22H30N2O2/c1-18-15-23(2)12-7-13-24(18)16-20-9-4-5-11-22(20)26-17-19-8-6-10-21(14-19)25-3/h4-6,8-11,14,18H,7,12-13,15-17H2,1-3H3/t18-/m0/s1. The molecule has 0 bridgehead atoms. The number of likely N-dealkylation sites (N-methyl/N-ethyl adjacent to an activating group) is 1. The molecule has 2 aromatic carbocycles. The van der Waals surface area contributed by atoms with Crippen LogP contribution in [-0.4, -0.2) is 49.6 Å². The van der Waals surface area contributed by atoms with Crippen molar-refractivity contribution in [1.29, 1.82) is 0 Å². The molecule has 0 aromatic heterocycles. The van der Waals surface area contributed by atoms with Gasteiger partial charge >= 0.3 is 0 Å². The lowest BCUT2D eigenvalue weighted by molar-refractivity contribution is 0.191. The molecule has 0 amide bonds. The zero-order valence-corrected chi connectivity index (χ0v) is 16.1. The summed E-state index contributed by atoms with van der Waals surface area (Å²) in [6.07, 6.45) is 1.22. The summed E-state index contributed by atoms with van der Waals surface area (Å²) in [5.74, 6) is 1.84. The summed E-state index contributed by atoms with van der Waals surface area (Å²) in [4.78, 5) is 4.99. The van der Waals surface area contributed by atoms with Gasteiger partial charge in [0, 0.05) is 31.2 Å². The SMILES string of the molecule is COc1cccc(COc2ccccc2CN2CCCN(C)C[C@@H]2C)c1. The van der Waals surface area contributed by atoms with Crippen LogP contribution in [0.15, 0.2) is 48.5 Å². The topological polar surface area (TPSA) is 24.9 Å². The molecule has 1 saturated heterocycles. The van der Waals surface area contributed by atoms with Gasteiger partial charge in [-0.2, -0.15) is 0 Å². The van der Waals surface area contributed by atoms with Gasteiger partial charge in [-0.15, -0.1) is 0 Å². The first-order chi connectivity index (χ1) is 12.7. The predicted molar refractivity (Wildman–Crippen MR) is 106 cm³/mol. The van der Waals surface area contributed by atoms with Crippen molar-refractivity contribution in [3.63, 3.8) is 0 Å². The lowest BCUT2D eigenvalue weighted by atomic mass is 10.1. The van der Waals surface area contributed by atoms with Gasteiger partial charge in [-0.05, 0) is 50.7 Å². The van der Waals surface area contributed by atoms with Crippen molar-refractivity contribution in [1.82, 2.24) is 9.80 Å². The van der Waals surface area contributed by atoms with E-state index in [0.717, 1.165) is 36.7 Å². The lowest BCUT2D eigenvalue weighted by Gasteiger charge is -2.28. The highest BCUT2D eigenvalue weighted by molar-refractivity contribution is 5.34. The van der Waals surface area contributed by atoms with Gasteiger partial charge in [-0.25, -0.2) is 0 Å². The Morgan fingerprint density at radius 2 is 1.92 bits per heavy atom. The van der Waals surface area contributed by atoms with E-state index in [-0.39, 0.29) is 0 Å². The second-order valence-corrected chi connectivity index (χ2v) is 7.18. The van der Waals surface area contributed by atoms with Crippen molar-refractivity contribution in [2.45, 2.75) is 32.5 Å². The van der Waals surface area contributed by atoms with Gasteiger partial charge in [-0.1, -0.05) is 30.3 Å². The smallest absolute Gasteiger partial charge is 0.124 e. The molecule has 1 fully saturated rings. The lowest BCUT2D eigenvalue weighted by Crippen LogP contribution is -2.37. The van der Waals surface area contributed by atoms with Crippen LogP contribution in [-0.2, 0) is 13.2 Å². The van der Waals surface area contributed by atoms with Crippen molar-refractivity contribution < 1.29 is 9.47 Å². The average Bonchev–Trinajstić information content (AvgIpc) is 2.81. The van der Waals surface area contributed by atoms with Gasteiger partial charge in [0.1, 0.15) is 18.1 Å². The summed E-state index contributed by atoms with van der Waals surface area (Å²) < 4.78 is 11.5. The Balaban J connectivity index is 1.67. The van der Waals surface area contributed by atoms with E-state index < -0.39 is 0 Å². The molecule has 0 N–H and O–H groups in total. The van der Waals surface area contributed by atoms with Crippen LogP contribution in [0.1, 0.15) is 24.5 Å². The number of hydrogen-bond acceptors (Lipinski definition) is 4. The Morgan fingerprint density at radius 3 is 2.77 bits per heavy atom. The first-order valence-electron chi connectivity index (χ1n) is 9.42. The quantitative estimate of drug-likeness (QED) is 0.788. The molecule has 4 heteroatoms. The number of hydrogen-bond donors (Lipinski definition) is 0. The van der Waals surface area contributed by atoms with E-state index in [9.17, 15) is 0 Å². The summed E-state index contributed by atoms with van der Waals surface area (Å²) in [7, 11) is 3.90. The molecule has 1 heterocycles. The van der Waals surface area contributed by atoms with Gasteiger partial charge in [-0.3, -0.25) is 4.90 Å². The highest BCUT2D eigenvalue weighted by Crippen LogP contribution is 2.23. The summed E-state index contributed by atoms with van der Waals surface area (Å²) in [5, 5.41) is 0. The minimum absolute atomic E-state index is 0.548. The van der Waals surface area contributed by atoms with Gasteiger partial charge in [0.05, 0.1) is 7.11 Å². The third-order valence-corrected chi connectivity index (χ3v) is 5.06. The largest absolute Gasteiger partial charge is 0.497 e. The molecular weight excluding hydrogens is 324 g/mol. The summed E-state index contributed by atoms with van der Waals surface area (Å²) >= 11 is 0. The normalized spacial score (nSPS) is 19.1. The van der Waals surface area contributed by atoms with Crippen LogP contribution in [0.2, 0.25) is 0 Å². The number of nitrogens with zero attached hydrogens (tertiary/aromatic N) is 2. The third kappa shape index (κ3) is 4.99. The molecule has 0 radical (unpaired) electrons. The van der Waals surface area contributed by atoms with Crippen LogP contribution >= 0.6 is 0 Å². The van der Waals surface area contributed by atoms with E-state index in [1.54, 1.807) is 7.11 Å². The van der Waals surface area contributed by atoms with E-state index in [1.165, 1.54) is 18.5 Å². The van der Waals surface area contributed by atoms with Gasteiger partial charge in [0.15, 0.2) is 0 Å². The Morgan fingerprint density at radius 1 is 1.08 bits per heavy atom. The van der Waals surface area contributed by atoms with Crippen LogP contribution in [0.5, 0.6) is 11.5 Å². The summed E-state index contributed by atoms with van der Waals surface area (Å²) in [6.45, 7) is 7.23. The molecule has 26 heavy (non-hydrogen) atoms. The van der Waals surface area contributed by atoms with E-state index in [4.69, 9.17) is 9.47 Å². The predicted octanol–water partition coefficient (Wildman–Crippen LogP) is 3.80.